The molecule has 1 aliphatic heterocycles. The van der Waals surface area contributed by atoms with Crippen molar-refractivity contribution < 1.29 is 32.2 Å². The van der Waals surface area contributed by atoms with Crippen LogP contribution in [-0.2, 0) is 19.7 Å². The lowest BCUT2D eigenvalue weighted by Gasteiger charge is -2.48. The Balaban J connectivity index is 1.36. The summed E-state index contributed by atoms with van der Waals surface area (Å²) in [4.78, 5) is 30.0. The second-order valence-electron chi connectivity index (χ2n) is 11.2. The number of benzene rings is 2. The number of nitrogens with zero attached hydrogens (tertiary/aromatic N) is 3. The zero-order valence-corrected chi connectivity index (χ0v) is 22.6. The Hall–Kier alpha value is -4.15. The van der Waals surface area contributed by atoms with Gasteiger partial charge in [-0.1, -0.05) is 31.2 Å². The number of nitrogens with one attached hydrogen (secondary N) is 1. The molecular weight excluding hydrogens is 537 g/mol. The highest BCUT2D eigenvalue weighted by molar-refractivity contribution is 5.96. The fraction of sp³-hybridized carbons (Fsp3) is 0.400. The lowest BCUT2D eigenvalue weighted by Crippen LogP contribution is -2.59. The highest BCUT2D eigenvalue weighted by atomic mass is 19.4. The number of fused-ring (bicyclic) bond motifs is 2. The van der Waals surface area contributed by atoms with E-state index in [4.69, 9.17) is 14.5 Å². The minimum atomic E-state index is -5.08. The second kappa shape index (κ2) is 10.0. The van der Waals surface area contributed by atoms with Crippen LogP contribution in [0.3, 0.4) is 0 Å². The van der Waals surface area contributed by atoms with E-state index in [9.17, 15) is 22.8 Å². The van der Waals surface area contributed by atoms with Crippen LogP contribution in [0, 0.1) is 0 Å². The number of rotatable bonds is 5. The molecule has 2 aromatic carbocycles. The molecule has 2 atom stereocenters. The molecule has 2 aromatic heterocycles. The molecule has 11 heteroatoms. The van der Waals surface area contributed by atoms with Gasteiger partial charge in [0.15, 0.2) is 0 Å². The van der Waals surface area contributed by atoms with Crippen molar-refractivity contribution in [3.63, 3.8) is 0 Å². The second-order valence-corrected chi connectivity index (χ2v) is 11.2. The van der Waals surface area contributed by atoms with Crippen molar-refractivity contribution in [2.24, 2.45) is 0 Å². The normalized spacial score (nSPS) is 20.6. The van der Waals surface area contributed by atoms with E-state index < -0.39 is 24.4 Å². The number of aromatic amines is 1. The minimum Gasteiger partial charge on any atom is -0.470 e. The Kier molecular flexibility index (Phi) is 6.62. The van der Waals surface area contributed by atoms with E-state index in [0.29, 0.717) is 42.7 Å². The van der Waals surface area contributed by atoms with Crippen molar-refractivity contribution in [2.45, 2.75) is 63.3 Å². The number of aromatic nitrogens is 3. The molecule has 2 aliphatic rings. The van der Waals surface area contributed by atoms with Crippen molar-refractivity contribution in [3.8, 4) is 17.3 Å². The fourth-order valence-electron chi connectivity index (χ4n) is 5.84. The lowest BCUT2D eigenvalue weighted by molar-refractivity contribution is -0.210. The highest BCUT2D eigenvalue weighted by Crippen LogP contribution is 2.38. The van der Waals surface area contributed by atoms with Crippen molar-refractivity contribution >= 4 is 33.6 Å². The van der Waals surface area contributed by atoms with E-state index in [1.165, 1.54) is 0 Å². The molecule has 214 valence electrons. The summed E-state index contributed by atoms with van der Waals surface area (Å²) < 4.78 is 49.9. The molecular formula is C30H29F3N4O4. The molecule has 3 heterocycles. The maximum absolute atomic E-state index is 12.9. The van der Waals surface area contributed by atoms with Gasteiger partial charge in [0.2, 0.25) is 11.8 Å². The summed E-state index contributed by atoms with van der Waals surface area (Å²) in [6.07, 6.45) is -4.81. The quantitative estimate of drug-likeness (QED) is 0.312. The third-order valence-electron chi connectivity index (χ3n) is 8.13. The fourth-order valence-corrected chi connectivity index (χ4v) is 5.84. The van der Waals surface area contributed by atoms with Gasteiger partial charge >= 0.3 is 12.1 Å². The maximum atomic E-state index is 12.9. The molecule has 41 heavy (non-hydrogen) atoms. The molecule has 1 saturated heterocycles. The molecule has 0 radical (unpaired) electrons. The lowest BCUT2D eigenvalue weighted by atomic mass is 9.75. The van der Waals surface area contributed by atoms with Gasteiger partial charge < -0.3 is 14.4 Å². The standard InChI is InChI=1S/C30H29F3N4O4/c1-17(38)37-15-29(2,16-37)19-11-12-22-21(14-19)26(36-35-22)23-13-18-7-3-4-8-20(18)27(34-23)40-24-9-5-6-10-25(24)41-28(39)30(31,32)33/h3-4,7-8,11-14,24-25H,5-6,9-10,15-16H2,1-2H3,(H,35,36). The highest BCUT2D eigenvalue weighted by Gasteiger charge is 2.44. The summed E-state index contributed by atoms with van der Waals surface area (Å²) in [7, 11) is 0. The minimum absolute atomic E-state index is 0.0498. The SMILES string of the molecule is CC(=O)N1CC(C)(c2ccc3[nH]nc(-c4cc5ccccc5c(OC5CCCCC5OC(=O)C(F)(F)F)n4)c3c2)C1. The van der Waals surface area contributed by atoms with Crippen molar-refractivity contribution in [3.05, 3.63) is 54.1 Å². The summed E-state index contributed by atoms with van der Waals surface area (Å²) >= 11 is 0. The molecule has 1 aliphatic carbocycles. The topological polar surface area (TPSA) is 97.4 Å². The van der Waals surface area contributed by atoms with Crippen LogP contribution in [0.4, 0.5) is 13.2 Å². The van der Waals surface area contributed by atoms with Crippen LogP contribution in [0.5, 0.6) is 5.88 Å². The summed E-state index contributed by atoms with van der Waals surface area (Å²) in [5.74, 6) is -1.92. The Bertz CT molecular complexity index is 1640. The molecule has 1 N–H and O–H groups in total. The number of carbonyl (C=O) groups excluding carboxylic acids is 2. The zero-order valence-electron chi connectivity index (χ0n) is 22.6. The maximum Gasteiger partial charge on any atom is 0.490 e. The number of hydrogen-bond donors (Lipinski definition) is 1. The number of amides is 1. The largest absolute Gasteiger partial charge is 0.490 e. The van der Waals surface area contributed by atoms with E-state index in [1.54, 1.807) is 11.8 Å². The predicted octanol–water partition coefficient (Wildman–Crippen LogP) is 5.69. The van der Waals surface area contributed by atoms with E-state index in [2.05, 4.69) is 23.2 Å². The van der Waals surface area contributed by atoms with Crippen LogP contribution in [0.15, 0.2) is 48.5 Å². The first-order valence-corrected chi connectivity index (χ1v) is 13.6. The van der Waals surface area contributed by atoms with Gasteiger partial charge in [-0.2, -0.15) is 18.3 Å². The van der Waals surface area contributed by atoms with Crippen LogP contribution in [-0.4, -0.2) is 63.4 Å². The molecule has 1 saturated carbocycles. The molecule has 6 rings (SSSR count). The number of likely N-dealkylation sites (tertiary alicyclic amines) is 1. The van der Waals surface area contributed by atoms with Crippen molar-refractivity contribution in [1.29, 1.82) is 0 Å². The van der Waals surface area contributed by atoms with Gasteiger partial charge in [-0.25, -0.2) is 9.78 Å². The smallest absolute Gasteiger partial charge is 0.470 e. The van der Waals surface area contributed by atoms with Gasteiger partial charge in [-0.3, -0.25) is 9.89 Å². The van der Waals surface area contributed by atoms with E-state index >= 15 is 0 Å². The van der Waals surface area contributed by atoms with Gasteiger partial charge in [-0.05, 0) is 60.9 Å². The number of pyridine rings is 1. The summed E-state index contributed by atoms with van der Waals surface area (Å²) in [6, 6.07) is 15.4. The van der Waals surface area contributed by atoms with Crippen LogP contribution >= 0.6 is 0 Å². The first-order valence-electron chi connectivity index (χ1n) is 13.6. The molecule has 0 bridgehead atoms. The predicted molar refractivity (Wildman–Crippen MR) is 145 cm³/mol. The Morgan fingerprint density at radius 1 is 1.02 bits per heavy atom. The summed E-state index contributed by atoms with van der Waals surface area (Å²) in [5.41, 5.74) is 2.86. The number of carbonyl (C=O) groups is 2. The summed E-state index contributed by atoms with van der Waals surface area (Å²) in [6.45, 7) is 4.96. The number of alkyl halides is 3. The van der Waals surface area contributed by atoms with E-state index in [1.807, 2.05) is 42.5 Å². The molecule has 8 nitrogen and oxygen atoms in total. The van der Waals surface area contributed by atoms with Gasteiger partial charge in [0, 0.05) is 36.2 Å². The van der Waals surface area contributed by atoms with E-state index in [-0.39, 0.29) is 23.6 Å². The molecule has 1 amide bonds. The van der Waals surface area contributed by atoms with Gasteiger partial charge in [0.1, 0.15) is 17.9 Å². The van der Waals surface area contributed by atoms with E-state index in [0.717, 1.165) is 28.3 Å². The molecule has 4 aromatic rings. The van der Waals surface area contributed by atoms with Crippen LogP contribution < -0.4 is 4.74 Å². The van der Waals surface area contributed by atoms with Crippen LogP contribution in [0.2, 0.25) is 0 Å². The van der Waals surface area contributed by atoms with Gasteiger partial charge in [0.25, 0.3) is 0 Å². The summed E-state index contributed by atoms with van der Waals surface area (Å²) in [5, 5.41) is 9.98. The number of hydrogen-bond acceptors (Lipinski definition) is 6. The van der Waals surface area contributed by atoms with Crippen LogP contribution in [0.1, 0.15) is 45.1 Å². The van der Waals surface area contributed by atoms with Crippen molar-refractivity contribution in [1.82, 2.24) is 20.1 Å². The Labute approximate surface area is 233 Å². The Morgan fingerprint density at radius 3 is 2.49 bits per heavy atom. The van der Waals surface area contributed by atoms with Gasteiger partial charge in [0.05, 0.1) is 11.2 Å². The molecule has 0 spiro atoms. The third-order valence-corrected chi connectivity index (χ3v) is 8.13. The number of esters is 1. The average molecular weight is 567 g/mol. The monoisotopic (exact) mass is 566 g/mol. The number of halogens is 3. The first kappa shape index (κ1) is 27.0. The number of H-pyrrole nitrogens is 1. The number of ether oxygens (including phenoxy) is 2. The molecule has 2 unspecified atom stereocenters. The van der Waals surface area contributed by atoms with Crippen molar-refractivity contribution in [2.75, 3.05) is 13.1 Å². The third kappa shape index (κ3) is 5.09. The first-order chi connectivity index (χ1) is 19.5. The Morgan fingerprint density at radius 2 is 1.76 bits per heavy atom. The van der Waals surface area contributed by atoms with Crippen LogP contribution in [0.25, 0.3) is 33.1 Å². The van der Waals surface area contributed by atoms with Gasteiger partial charge in [-0.15, -0.1) is 0 Å². The zero-order chi connectivity index (χ0) is 28.9. The molecule has 2 fully saturated rings. The average Bonchev–Trinajstić information content (AvgIpc) is 3.35.